The van der Waals surface area contributed by atoms with Crippen LogP contribution in [0.2, 0.25) is 0 Å². The maximum Gasteiger partial charge on any atom is 0.243 e. The van der Waals surface area contributed by atoms with Crippen molar-refractivity contribution < 1.29 is 13.2 Å². The van der Waals surface area contributed by atoms with Gasteiger partial charge in [0.15, 0.2) is 0 Å². The first-order valence-corrected chi connectivity index (χ1v) is 10.7. The molecule has 1 aromatic carbocycles. The third-order valence-electron chi connectivity index (χ3n) is 5.33. The number of benzene rings is 1. The molecule has 0 spiro atoms. The molecule has 1 aliphatic carbocycles. The monoisotopic (exact) mass is 411 g/mol. The molecule has 0 bridgehead atoms. The molecule has 8 heteroatoms. The first kappa shape index (κ1) is 20.3. The zero-order valence-corrected chi connectivity index (χ0v) is 17.3. The second-order valence-corrected chi connectivity index (χ2v) is 9.06. The summed E-state index contributed by atoms with van der Waals surface area (Å²) >= 11 is 0. The van der Waals surface area contributed by atoms with Gasteiger partial charge in [0.25, 0.3) is 0 Å². The molecule has 1 atom stereocenters. The van der Waals surface area contributed by atoms with Gasteiger partial charge in [-0.25, -0.2) is 13.4 Å². The highest BCUT2D eigenvalue weighted by molar-refractivity contribution is 7.89. The van der Waals surface area contributed by atoms with Crippen molar-refractivity contribution in [2.24, 2.45) is 0 Å². The minimum Gasteiger partial charge on any atom is -0.481 e. The van der Waals surface area contributed by atoms with Crippen LogP contribution in [-0.2, 0) is 10.0 Å². The Bertz CT molecular complexity index is 931. The summed E-state index contributed by atoms with van der Waals surface area (Å²) in [5.74, 6) is 0.877. The van der Waals surface area contributed by atoms with E-state index in [0.29, 0.717) is 29.8 Å². The van der Waals surface area contributed by atoms with Crippen molar-refractivity contribution in [1.29, 1.82) is 0 Å². The van der Waals surface area contributed by atoms with Crippen LogP contribution in [0.25, 0.3) is 10.8 Å². The normalized spacial score (nSPS) is 21.5. The van der Waals surface area contributed by atoms with E-state index in [2.05, 4.69) is 10.3 Å². The number of methoxy groups -OCH3 is 1. The van der Waals surface area contributed by atoms with Gasteiger partial charge in [-0.1, -0.05) is 6.07 Å². The van der Waals surface area contributed by atoms with Gasteiger partial charge in [0.2, 0.25) is 15.9 Å². The van der Waals surface area contributed by atoms with Gasteiger partial charge >= 0.3 is 0 Å². The number of hydrogen-bond acceptors (Lipinski definition) is 5. The smallest absolute Gasteiger partial charge is 0.243 e. The van der Waals surface area contributed by atoms with Crippen molar-refractivity contribution in [3.05, 3.63) is 30.0 Å². The third kappa shape index (κ3) is 3.66. The van der Waals surface area contributed by atoms with E-state index in [0.717, 1.165) is 42.1 Å². The summed E-state index contributed by atoms with van der Waals surface area (Å²) < 4.78 is 34.2. The van der Waals surface area contributed by atoms with Crippen LogP contribution in [0.5, 0.6) is 5.88 Å². The summed E-state index contributed by atoms with van der Waals surface area (Å²) in [5.41, 5.74) is 1.03. The van der Waals surface area contributed by atoms with Gasteiger partial charge < -0.3 is 10.1 Å². The zero-order valence-electron chi connectivity index (χ0n) is 15.6. The van der Waals surface area contributed by atoms with Gasteiger partial charge in [-0.2, -0.15) is 4.31 Å². The Morgan fingerprint density at radius 1 is 1.30 bits per heavy atom. The van der Waals surface area contributed by atoms with Crippen molar-refractivity contribution in [3.8, 4) is 5.88 Å². The molecular formula is C19H26ClN3O3S. The molecule has 2 heterocycles. The van der Waals surface area contributed by atoms with E-state index in [1.807, 2.05) is 13.0 Å². The molecule has 0 amide bonds. The number of halogens is 1. The summed E-state index contributed by atoms with van der Waals surface area (Å²) in [6.45, 7) is 4.01. The SMILES string of the molecule is COc1ncc(C2CC2)c2c(S(=O)(=O)N3CCCNC[C@H]3C)cccc12.Cl. The van der Waals surface area contributed by atoms with E-state index in [1.165, 1.54) is 0 Å². The fourth-order valence-electron chi connectivity index (χ4n) is 3.83. The summed E-state index contributed by atoms with van der Waals surface area (Å²) in [6, 6.07) is 5.34. The lowest BCUT2D eigenvalue weighted by atomic mass is 10.0. The Morgan fingerprint density at radius 2 is 2.07 bits per heavy atom. The van der Waals surface area contributed by atoms with Gasteiger partial charge in [-0.05, 0) is 56.3 Å². The predicted molar refractivity (Wildman–Crippen MR) is 108 cm³/mol. The number of aromatic nitrogens is 1. The molecule has 0 radical (unpaired) electrons. The fourth-order valence-corrected chi connectivity index (χ4v) is 5.73. The van der Waals surface area contributed by atoms with E-state index >= 15 is 0 Å². The highest BCUT2D eigenvalue weighted by atomic mass is 35.5. The highest BCUT2D eigenvalue weighted by Gasteiger charge is 2.34. The summed E-state index contributed by atoms with van der Waals surface area (Å²) in [6.07, 6.45) is 4.78. The Kier molecular flexibility index (Phi) is 5.96. The number of rotatable bonds is 4. The molecule has 1 aliphatic heterocycles. The number of nitrogens with zero attached hydrogens (tertiary/aromatic N) is 2. The molecule has 1 N–H and O–H groups in total. The third-order valence-corrected chi connectivity index (χ3v) is 7.38. The second kappa shape index (κ2) is 7.91. The number of hydrogen-bond donors (Lipinski definition) is 1. The van der Waals surface area contributed by atoms with Crippen molar-refractivity contribution in [2.75, 3.05) is 26.7 Å². The minimum absolute atomic E-state index is 0. The van der Waals surface area contributed by atoms with Gasteiger partial charge in [-0.3, -0.25) is 0 Å². The second-order valence-electron chi connectivity index (χ2n) is 7.20. The fraction of sp³-hybridized carbons (Fsp3) is 0.526. The maximum atomic E-state index is 13.6. The number of ether oxygens (including phenoxy) is 1. The average molecular weight is 412 g/mol. The molecular weight excluding hydrogens is 386 g/mol. The van der Waals surface area contributed by atoms with Crippen molar-refractivity contribution in [1.82, 2.24) is 14.6 Å². The largest absolute Gasteiger partial charge is 0.481 e. The van der Waals surface area contributed by atoms with Crippen molar-refractivity contribution in [2.45, 2.75) is 43.0 Å². The van der Waals surface area contributed by atoms with Gasteiger partial charge in [0.05, 0.1) is 12.0 Å². The average Bonchev–Trinajstić information content (AvgIpc) is 3.48. The van der Waals surface area contributed by atoms with E-state index in [1.54, 1.807) is 29.7 Å². The van der Waals surface area contributed by atoms with Crippen molar-refractivity contribution in [3.63, 3.8) is 0 Å². The molecule has 1 aromatic heterocycles. The van der Waals surface area contributed by atoms with E-state index in [4.69, 9.17) is 4.74 Å². The van der Waals surface area contributed by atoms with Crippen LogP contribution in [0, 0.1) is 0 Å². The summed E-state index contributed by atoms with van der Waals surface area (Å²) in [4.78, 5) is 4.79. The van der Waals surface area contributed by atoms with Crippen LogP contribution in [0.4, 0.5) is 0 Å². The number of fused-ring (bicyclic) bond motifs is 1. The molecule has 2 aliphatic rings. The molecule has 27 heavy (non-hydrogen) atoms. The Labute approximate surface area is 166 Å². The number of nitrogens with one attached hydrogen (secondary N) is 1. The minimum atomic E-state index is -3.60. The first-order chi connectivity index (χ1) is 12.5. The van der Waals surface area contributed by atoms with Gasteiger partial charge in [-0.15, -0.1) is 12.4 Å². The topological polar surface area (TPSA) is 71.5 Å². The van der Waals surface area contributed by atoms with E-state index in [-0.39, 0.29) is 18.4 Å². The lowest BCUT2D eigenvalue weighted by Crippen LogP contribution is -2.41. The van der Waals surface area contributed by atoms with Crippen LogP contribution >= 0.6 is 12.4 Å². The molecule has 2 aromatic rings. The Balaban J connectivity index is 0.00000210. The van der Waals surface area contributed by atoms with Crippen LogP contribution in [0.3, 0.4) is 0 Å². The van der Waals surface area contributed by atoms with Gasteiger partial charge in [0.1, 0.15) is 0 Å². The molecule has 0 unspecified atom stereocenters. The molecule has 2 fully saturated rings. The lowest BCUT2D eigenvalue weighted by molar-refractivity contribution is 0.353. The molecule has 1 saturated heterocycles. The summed E-state index contributed by atoms with van der Waals surface area (Å²) in [5, 5.41) is 4.87. The van der Waals surface area contributed by atoms with Crippen LogP contribution in [0.1, 0.15) is 37.7 Å². The van der Waals surface area contributed by atoms with E-state index in [9.17, 15) is 8.42 Å². The maximum absolute atomic E-state index is 13.6. The van der Waals surface area contributed by atoms with E-state index < -0.39 is 10.0 Å². The van der Waals surface area contributed by atoms with Crippen LogP contribution in [0.15, 0.2) is 29.3 Å². The molecule has 6 nitrogen and oxygen atoms in total. The standard InChI is InChI=1S/C19H25N3O3S.ClH/c1-13-11-20-9-4-10-22(13)26(23,24)17-6-3-5-15-18(17)16(14-7-8-14)12-21-19(15)25-2;/h3,5-6,12-14,20H,4,7-11H2,1-2H3;1H/t13-;/m1./s1. The lowest BCUT2D eigenvalue weighted by Gasteiger charge is -2.27. The zero-order chi connectivity index (χ0) is 18.3. The molecule has 4 rings (SSSR count). The Morgan fingerprint density at radius 3 is 2.78 bits per heavy atom. The van der Waals surface area contributed by atoms with Crippen molar-refractivity contribution >= 4 is 33.2 Å². The molecule has 1 saturated carbocycles. The highest BCUT2D eigenvalue weighted by Crippen LogP contribution is 2.46. The van der Waals surface area contributed by atoms with Gasteiger partial charge in [0, 0.05) is 36.1 Å². The number of sulfonamides is 1. The molecule has 148 valence electrons. The first-order valence-electron chi connectivity index (χ1n) is 9.22. The predicted octanol–water partition coefficient (Wildman–Crippen LogP) is 2.92. The van der Waals surface area contributed by atoms with Crippen LogP contribution < -0.4 is 10.1 Å². The van der Waals surface area contributed by atoms with Crippen LogP contribution in [-0.4, -0.2) is 50.5 Å². The Hall–Kier alpha value is -1.41. The quantitative estimate of drug-likeness (QED) is 0.837. The number of pyridine rings is 1. The summed E-state index contributed by atoms with van der Waals surface area (Å²) in [7, 11) is -2.03.